The molecule has 0 bridgehead atoms. The van der Waals surface area contributed by atoms with Gasteiger partial charge in [0.05, 0.1) is 25.4 Å². The van der Waals surface area contributed by atoms with E-state index in [-0.39, 0.29) is 40.7 Å². The fourth-order valence-corrected chi connectivity index (χ4v) is 5.17. The van der Waals surface area contributed by atoms with Gasteiger partial charge in [0, 0.05) is 26.2 Å². The molecule has 2 aliphatic heterocycles. The Kier molecular flexibility index (Phi) is 11.8. The lowest BCUT2D eigenvalue weighted by Crippen LogP contribution is -2.42. The molecular formula is C30H45ClN8O6. The number of ether oxygens (including phenoxy) is 5. The number of hydrogen-bond donors (Lipinski definition) is 4. The maximum Gasteiger partial charge on any atom is 0.280 e. The van der Waals surface area contributed by atoms with Gasteiger partial charge in [-0.3, -0.25) is 20.0 Å². The average Bonchev–Trinajstić information content (AvgIpc) is 3.49. The van der Waals surface area contributed by atoms with E-state index in [0.717, 1.165) is 38.1 Å². The molecule has 1 aromatic heterocycles. The quantitative estimate of drug-likeness (QED) is 0.133. The van der Waals surface area contributed by atoms with Gasteiger partial charge in [-0.25, -0.2) is 9.97 Å². The van der Waals surface area contributed by atoms with Crippen molar-refractivity contribution in [1.29, 1.82) is 0 Å². The molecule has 2 aromatic rings. The van der Waals surface area contributed by atoms with E-state index < -0.39 is 17.5 Å². The SMILES string of the molecule is CC1(C)OCC(CN(CCOc2ccc(CCCCN=C(N)NC(=O)c3nc(Cl)c(N)nc3N)cc2)CC2COC(C)(C)O2)O1. The van der Waals surface area contributed by atoms with Gasteiger partial charge in [0.15, 0.2) is 40.0 Å². The normalized spacial score (nSPS) is 20.9. The van der Waals surface area contributed by atoms with Gasteiger partial charge in [0.1, 0.15) is 12.4 Å². The smallest absolute Gasteiger partial charge is 0.280 e. The van der Waals surface area contributed by atoms with E-state index in [9.17, 15) is 4.79 Å². The van der Waals surface area contributed by atoms with E-state index in [1.165, 1.54) is 5.56 Å². The van der Waals surface area contributed by atoms with Gasteiger partial charge in [-0.15, -0.1) is 0 Å². The number of guanidine groups is 1. The number of aliphatic imine (C=N–C) groups is 1. The van der Waals surface area contributed by atoms with Crippen LogP contribution in [0.2, 0.25) is 5.15 Å². The van der Waals surface area contributed by atoms with Crippen LogP contribution in [0.1, 0.15) is 56.6 Å². The minimum atomic E-state index is -0.666. The van der Waals surface area contributed by atoms with E-state index >= 15 is 0 Å². The molecule has 3 heterocycles. The van der Waals surface area contributed by atoms with Gasteiger partial charge < -0.3 is 40.9 Å². The van der Waals surface area contributed by atoms with Crippen molar-refractivity contribution in [1.82, 2.24) is 20.2 Å². The first-order valence-electron chi connectivity index (χ1n) is 15.1. The van der Waals surface area contributed by atoms with Crippen molar-refractivity contribution in [3.63, 3.8) is 0 Å². The molecule has 1 amide bonds. The van der Waals surface area contributed by atoms with Crippen LogP contribution < -0.4 is 27.3 Å². The second kappa shape index (κ2) is 15.3. The number of nitrogens with one attached hydrogen (secondary N) is 1. The summed E-state index contributed by atoms with van der Waals surface area (Å²) < 4.78 is 29.7. The molecule has 4 rings (SSSR count). The highest BCUT2D eigenvalue weighted by Crippen LogP contribution is 2.25. The first kappa shape index (κ1) is 34.6. The molecule has 1 aromatic carbocycles. The minimum Gasteiger partial charge on any atom is -0.492 e. The van der Waals surface area contributed by atoms with Gasteiger partial charge in [-0.1, -0.05) is 23.7 Å². The van der Waals surface area contributed by atoms with Gasteiger partial charge in [0.2, 0.25) is 0 Å². The molecule has 0 spiro atoms. The number of aromatic nitrogens is 2. The van der Waals surface area contributed by atoms with Gasteiger partial charge in [-0.2, -0.15) is 0 Å². The van der Waals surface area contributed by atoms with Crippen LogP contribution in [-0.4, -0.2) is 96.5 Å². The van der Waals surface area contributed by atoms with Gasteiger partial charge >= 0.3 is 0 Å². The summed E-state index contributed by atoms with van der Waals surface area (Å²) in [7, 11) is 0. The number of nitrogens with zero attached hydrogens (tertiary/aromatic N) is 4. The molecule has 2 fully saturated rings. The van der Waals surface area contributed by atoms with Crippen molar-refractivity contribution in [2.45, 2.75) is 70.7 Å². The Morgan fingerprint density at radius 2 is 1.64 bits per heavy atom. The highest BCUT2D eigenvalue weighted by molar-refractivity contribution is 6.31. The Balaban J connectivity index is 1.16. The third kappa shape index (κ3) is 10.9. The minimum absolute atomic E-state index is 0.0149. The van der Waals surface area contributed by atoms with Crippen molar-refractivity contribution >= 4 is 35.1 Å². The van der Waals surface area contributed by atoms with Crippen molar-refractivity contribution in [3.05, 3.63) is 40.7 Å². The monoisotopic (exact) mass is 648 g/mol. The Morgan fingerprint density at radius 1 is 1.02 bits per heavy atom. The zero-order valence-corrected chi connectivity index (χ0v) is 27.1. The molecule has 2 unspecified atom stereocenters. The first-order chi connectivity index (χ1) is 21.3. The van der Waals surface area contributed by atoms with E-state index in [1.54, 1.807) is 0 Å². The molecule has 2 atom stereocenters. The summed E-state index contributed by atoms with van der Waals surface area (Å²) >= 11 is 5.82. The summed E-state index contributed by atoms with van der Waals surface area (Å²) in [6, 6.07) is 8.09. The van der Waals surface area contributed by atoms with Crippen LogP contribution in [0.15, 0.2) is 29.3 Å². The predicted molar refractivity (Wildman–Crippen MR) is 171 cm³/mol. The number of amides is 1. The Morgan fingerprint density at radius 3 is 2.22 bits per heavy atom. The van der Waals surface area contributed by atoms with Crippen molar-refractivity contribution in [2.24, 2.45) is 10.7 Å². The van der Waals surface area contributed by atoms with Crippen LogP contribution in [-0.2, 0) is 25.4 Å². The highest BCUT2D eigenvalue weighted by atomic mass is 35.5. The van der Waals surface area contributed by atoms with Crippen LogP contribution in [0.3, 0.4) is 0 Å². The number of nitrogens with two attached hydrogens (primary N) is 3. The maximum atomic E-state index is 12.3. The summed E-state index contributed by atoms with van der Waals surface area (Å²) in [5.41, 5.74) is 18.1. The lowest BCUT2D eigenvalue weighted by Gasteiger charge is -2.28. The number of nitrogen functional groups attached to an aromatic ring is 2. The standard InChI is InChI=1S/C30H45ClN8O6/c1-29(2)42-17-21(44-29)15-39(16-22-18-43-30(3,4)45-22)13-14-41-20-10-8-19(9-11-20)7-5-6-12-35-28(34)38-27(40)23-25(32)37-26(33)24(31)36-23/h8-11,21-22H,5-7,12-18H2,1-4H3,(H4,32,33,37)(H3,34,35,38,40). The number of unbranched alkanes of at least 4 members (excludes halogenated alkanes) is 1. The number of hydrogen-bond acceptors (Lipinski definition) is 12. The van der Waals surface area contributed by atoms with Crippen LogP contribution >= 0.6 is 11.6 Å². The summed E-state index contributed by atoms with van der Waals surface area (Å²) in [6.07, 6.45) is 2.50. The van der Waals surface area contributed by atoms with E-state index in [2.05, 4.69) is 37.3 Å². The fourth-order valence-electron chi connectivity index (χ4n) is 5.05. The third-order valence-electron chi connectivity index (χ3n) is 7.18. The second-order valence-corrected chi connectivity index (χ2v) is 12.3. The molecule has 0 saturated carbocycles. The molecule has 0 radical (unpaired) electrons. The number of rotatable bonds is 14. The molecular weight excluding hydrogens is 604 g/mol. The topological polar surface area (TPSA) is 195 Å². The van der Waals surface area contributed by atoms with E-state index in [4.69, 9.17) is 52.5 Å². The molecule has 45 heavy (non-hydrogen) atoms. The van der Waals surface area contributed by atoms with Crippen LogP contribution in [0, 0.1) is 0 Å². The number of anilines is 2. The average molecular weight is 649 g/mol. The van der Waals surface area contributed by atoms with Crippen molar-refractivity contribution < 1.29 is 28.5 Å². The fraction of sp³-hybridized carbons (Fsp3) is 0.600. The molecule has 2 aliphatic rings. The molecule has 2 saturated heterocycles. The second-order valence-electron chi connectivity index (χ2n) is 12.0. The number of aryl methyl sites for hydroxylation is 1. The molecule has 248 valence electrons. The first-order valence-corrected chi connectivity index (χ1v) is 15.4. The Hall–Kier alpha value is -3.27. The van der Waals surface area contributed by atoms with Crippen LogP contribution in [0.4, 0.5) is 11.6 Å². The third-order valence-corrected chi connectivity index (χ3v) is 7.45. The molecule has 0 aliphatic carbocycles. The Bertz CT molecular complexity index is 1300. The Labute approximate surface area is 268 Å². The zero-order chi connectivity index (χ0) is 32.6. The van der Waals surface area contributed by atoms with Gasteiger partial charge in [-0.05, 0) is 64.7 Å². The number of carbonyl (C=O) groups excluding carboxylic acids is 1. The van der Waals surface area contributed by atoms with Crippen molar-refractivity contribution in [3.8, 4) is 5.75 Å². The predicted octanol–water partition coefficient (Wildman–Crippen LogP) is 2.35. The van der Waals surface area contributed by atoms with E-state index in [0.29, 0.717) is 32.9 Å². The summed E-state index contributed by atoms with van der Waals surface area (Å²) in [6.45, 7) is 11.9. The lowest BCUT2D eigenvalue weighted by molar-refractivity contribution is -0.145. The molecule has 7 N–H and O–H groups in total. The lowest BCUT2D eigenvalue weighted by atomic mass is 10.1. The summed E-state index contributed by atoms with van der Waals surface area (Å²) in [5, 5.41) is 2.31. The van der Waals surface area contributed by atoms with E-state index in [1.807, 2.05) is 39.8 Å². The summed E-state index contributed by atoms with van der Waals surface area (Å²) in [5.74, 6) is -1.25. The molecule has 14 nitrogen and oxygen atoms in total. The molecule has 15 heteroatoms. The number of benzene rings is 1. The van der Waals surface area contributed by atoms with Crippen molar-refractivity contribution in [2.75, 3.05) is 57.5 Å². The number of halogens is 1. The summed E-state index contributed by atoms with van der Waals surface area (Å²) in [4.78, 5) is 26.4. The zero-order valence-electron chi connectivity index (χ0n) is 26.4. The van der Waals surface area contributed by atoms with Crippen LogP contribution in [0.25, 0.3) is 0 Å². The largest absolute Gasteiger partial charge is 0.492 e. The van der Waals surface area contributed by atoms with Crippen LogP contribution in [0.5, 0.6) is 5.75 Å². The maximum absolute atomic E-state index is 12.3. The number of carbonyl (C=O) groups is 1. The van der Waals surface area contributed by atoms with Gasteiger partial charge in [0.25, 0.3) is 5.91 Å². The highest BCUT2D eigenvalue weighted by Gasteiger charge is 2.36.